The molecule has 2 heterocycles. The van der Waals surface area contributed by atoms with Gasteiger partial charge in [0.2, 0.25) is 5.89 Å². The molecule has 0 bridgehead atoms. The first-order chi connectivity index (χ1) is 11.4. The van der Waals surface area contributed by atoms with Crippen molar-refractivity contribution in [2.45, 2.75) is 51.6 Å². The van der Waals surface area contributed by atoms with Crippen molar-refractivity contribution in [2.75, 3.05) is 26.7 Å². The highest BCUT2D eigenvalue weighted by atomic mass is 127. The Morgan fingerprint density at radius 2 is 2.08 bits per heavy atom. The molecule has 0 unspecified atom stereocenters. The molecule has 25 heavy (non-hydrogen) atoms. The fourth-order valence-corrected chi connectivity index (χ4v) is 2.62. The molecule has 1 aromatic heterocycles. The number of hydrogen-bond donors (Lipinski definition) is 2. The number of aliphatic imine (C=N–C) groups is 1. The third-order valence-electron chi connectivity index (χ3n) is 4.06. The van der Waals surface area contributed by atoms with Gasteiger partial charge in [-0.1, -0.05) is 32.0 Å². The van der Waals surface area contributed by atoms with Crippen LogP contribution in [0.4, 0.5) is 0 Å². The van der Waals surface area contributed by atoms with Crippen LogP contribution in [0.5, 0.6) is 0 Å². The Morgan fingerprint density at radius 3 is 2.60 bits per heavy atom. The lowest BCUT2D eigenvalue weighted by molar-refractivity contribution is 0.225. The van der Waals surface area contributed by atoms with E-state index in [1.54, 1.807) is 7.05 Å². The standard InChI is InChI=1S/C17H30N6O.HI/c1-6-9-23-10-7-13(8-11-23)20-16(18-5)19-12-14-21-15(24-22-14)17(2,3)4;/h6,13H,1,7-12H2,2-5H3,(H2,18,19,20);1H. The van der Waals surface area contributed by atoms with Crippen LogP contribution in [0.3, 0.4) is 0 Å². The number of nitrogens with zero attached hydrogens (tertiary/aromatic N) is 4. The molecule has 0 aliphatic carbocycles. The second kappa shape index (κ2) is 10.1. The highest BCUT2D eigenvalue weighted by Crippen LogP contribution is 2.19. The molecule has 0 spiro atoms. The van der Waals surface area contributed by atoms with Crippen LogP contribution in [0.15, 0.2) is 22.2 Å². The van der Waals surface area contributed by atoms with Crippen LogP contribution in [0, 0.1) is 0 Å². The Balaban J connectivity index is 0.00000312. The van der Waals surface area contributed by atoms with Gasteiger partial charge in [-0.3, -0.25) is 9.89 Å². The van der Waals surface area contributed by atoms with E-state index in [2.05, 4.69) is 58.0 Å². The van der Waals surface area contributed by atoms with E-state index in [0.29, 0.717) is 24.3 Å². The molecule has 0 aromatic carbocycles. The summed E-state index contributed by atoms with van der Waals surface area (Å²) in [6, 6.07) is 0.438. The zero-order valence-corrected chi connectivity index (χ0v) is 18.0. The van der Waals surface area contributed by atoms with Gasteiger partial charge in [0, 0.05) is 38.1 Å². The predicted molar refractivity (Wildman–Crippen MR) is 111 cm³/mol. The molecule has 1 aromatic rings. The SMILES string of the molecule is C=CCN1CCC(NC(=NC)NCc2noc(C(C)(C)C)n2)CC1.I. The predicted octanol–water partition coefficient (Wildman–Crippen LogP) is 2.30. The number of guanidine groups is 1. The van der Waals surface area contributed by atoms with E-state index in [9.17, 15) is 0 Å². The maximum atomic E-state index is 5.30. The summed E-state index contributed by atoms with van der Waals surface area (Å²) in [5, 5.41) is 10.8. The Labute approximate surface area is 167 Å². The summed E-state index contributed by atoms with van der Waals surface area (Å²) in [6.45, 7) is 13.6. The van der Waals surface area contributed by atoms with E-state index in [1.807, 2.05) is 6.08 Å². The van der Waals surface area contributed by atoms with Crippen LogP contribution in [-0.4, -0.2) is 53.7 Å². The van der Waals surface area contributed by atoms with Crippen LogP contribution in [0.2, 0.25) is 0 Å². The largest absolute Gasteiger partial charge is 0.354 e. The minimum absolute atomic E-state index is 0. The minimum atomic E-state index is -0.134. The van der Waals surface area contributed by atoms with Gasteiger partial charge >= 0.3 is 0 Å². The second-order valence-electron chi connectivity index (χ2n) is 7.20. The van der Waals surface area contributed by atoms with Crippen LogP contribution in [-0.2, 0) is 12.0 Å². The molecule has 142 valence electrons. The van der Waals surface area contributed by atoms with Crippen molar-refractivity contribution >= 4 is 29.9 Å². The monoisotopic (exact) mass is 462 g/mol. The molecule has 0 amide bonds. The number of aromatic nitrogens is 2. The molecular weight excluding hydrogens is 431 g/mol. The molecule has 8 heteroatoms. The first-order valence-corrected chi connectivity index (χ1v) is 8.56. The van der Waals surface area contributed by atoms with E-state index in [0.717, 1.165) is 38.4 Å². The summed E-state index contributed by atoms with van der Waals surface area (Å²) < 4.78 is 5.30. The molecule has 1 aliphatic heterocycles. The van der Waals surface area contributed by atoms with Gasteiger partial charge in [0.1, 0.15) is 0 Å². The Morgan fingerprint density at radius 1 is 1.40 bits per heavy atom. The molecule has 1 saturated heterocycles. The Hall–Kier alpha value is -1.16. The topological polar surface area (TPSA) is 78.6 Å². The van der Waals surface area contributed by atoms with Gasteiger partial charge < -0.3 is 15.2 Å². The summed E-state index contributed by atoms with van der Waals surface area (Å²) >= 11 is 0. The molecule has 0 saturated carbocycles. The van der Waals surface area contributed by atoms with Crippen molar-refractivity contribution in [3.8, 4) is 0 Å². The van der Waals surface area contributed by atoms with Gasteiger partial charge in [-0.2, -0.15) is 4.98 Å². The highest BCUT2D eigenvalue weighted by molar-refractivity contribution is 14.0. The van der Waals surface area contributed by atoms with Crippen molar-refractivity contribution < 1.29 is 4.52 Å². The van der Waals surface area contributed by atoms with Crippen molar-refractivity contribution in [1.29, 1.82) is 0 Å². The average Bonchev–Trinajstić information content (AvgIpc) is 3.02. The molecular formula is C17H31IN6O. The van der Waals surface area contributed by atoms with E-state index < -0.39 is 0 Å². The Bertz CT molecular complexity index is 558. The summed E-state index contributed by atoms with van der Waals surface area (Å²) in [7, 11) is 1.78. The third-order valence-corrected chi connectivity index (χ3v) is 4.06. The van der Waals surface area contributed by atoms with Crippen molar-refractivity contribution in [3.63, 3.8) is 0 Å². The molecule has 7 nitrogen and oxygen atoms in total. The normalized spacial score (nSPS) is 17.0. The van der Waals surface area contributed by atoms with Crippen molar-refractivity contribution in [3.05, 3.63) is 24.4 Å². The zero-order chi connectivity index (χ0) is 17.6. The van der Waals surface area contributed by atoms with Crippen molar-refractivity contribution in [2.24, 2.45) is 4.99 Å². The first kappa shape index (κ1) is 21.9. The number of hydrogen-bond acceptors (Lipinski definition) is 5. The van der Waals surface area contributed by atoms with Gasteiger partial charge in [-0.25, -0.2) is 0 Å². The van der Waals surface area contributed by atoms with Crippen molar-refractivity contribution in [1.82, 2.24) is 25.7 Å². The van der Waals surface area contributed by atoms with E-state index >= 15 is 0 Å². The number of halogens is 1. The maximum absolute atomic E-state index is 5.30. The molecule has 2 rings (SSSR count). The number of rotatable bonds is 5. The van der Waals surface area contributed by atoms with Gasteiger partial charge in [0.25, 0.3) is 0 Å². The quantitative estimate of drug-likeness (QED) is 0.303. The Kier molecular flexibility index (Phi) is 8.84. The fourth-order valence-electron chi connectivity index (χ4n) is 2.62. The first-order valence-electron chi connectivity index (χ1n) is 8.56. The number of nitrogens with one attached hydrogen (secondary N) is 2. The summed E-state index contributed by atoms with van der Waals surface area (Å²) in [5.74, 6) is 2.07. The molecule has 1 fully saturated rings. The third kappa shape index (κ3) is 6.93. The van der Waals surface area contributed by atoms with E-state index in [-0.39, 0.29) is 29.4 Å². The zero-order valence-electron chi connectivity index (χ0n) is 15.7. The molecule has 1 aliphatic rings. The summed E-state index contributed by atoms with van der Waals surface area (Å²) in [5.41, 5.74) is -0.134. The van der Waals surface area contributed by atoms with Gasteiger partial charge in [-0.15, -0.1) is 30.6 Å². The smallest absolute Gasteiger partial charge is 0.232 e. The maximum Gasteiger partial charge on any atom is 0.232 e. The highest BCUT2D eigenvalue weighted by Gasteiger charge is 2.22. The number of likely N-dealkylation sites (tertiary alicyclic amines) is 1. The van der Waals surface area contributed by atoms with Crippen LogP contribution >= 0.6 is 24.0 Å². The van der Waals surface area contributed by atoms with Gasteiger partial charge in [-0.05, 0) is 12.8 Å². The van der Waals surface area contributed by atoms with Crippen LogP contribution in [0.25, 0.3) is 0 Å². The number of piperidine rings is 1. The fraction of sp³-hybridized carbons (Fsp3) is 0.706. The molecule has 0 atom stereocenters. The lowest BCUT2D eigenvalue weighted by atomic mass is 9.97. The van der Waals surface area contributed by atoms with Gasteiger partial charge in [0.15, 0.2) is 11.8 Å². The second-order valence-corrected chi connectivity index (χ2v) is 7.20. The molecule has 0 radical (unpaired) electrons. The molecule has 2 N–H and O–H groups in total. The van der Waals surface area contributed by atoms with E-state index in [4.69, 9.17) is 4.52 Å². The van der Waals surface area contributed by atoms with Gasteiger partial charge in [0.05, 0.1) is 6.54 Å². The summed E-state index contributed by atoms with van der Waals surface area (Å²) in [6.07, 6.45) is 4.17. The van der Waals surface area contributed by atoms with Crippen LogP contribution < -0.4 is 10.6 Å². The average molecular weight is 462 g/mol. The summed E-state index contributed by atoms with van der Waals surface area (Å²) in [4.78, 5) is 11.1. The lowest BCUT2D eigenvalue weighted by Gasteiger charge is -2.32. The minimum Gasteiger partial charge on any atom is -0.354 e. The van der Waals surface area contributed by atoms with E-state index in [1.165, 1.54) is 0 Å². The lowest BCUT2D eigenvalue weighted by Crippen LogP contribution is -2.48. The van der Waals surface area contributed by atoms with Crippen LogP contribution in [0.1, 0.15) is 45.3 Å².